The van der Waals surface area contributed by atoms with Gasteiger partial charge in [0.1, 0.15) is 5.76 Å². The molecule has 0 spiro atoms. The van der Waals surface area contributed by atoms with Crippen LogP contribution in [0.15, 0.2) is 53.2 Å². The number of aryl methyl sites for hydroxylation is 2. The average molecular weight is 415 g/mol. The maximum absolute atomic E-state index is 13.0. The molecule has 7 heteroatoms. The molecule has 1 aliphatic heterocycles. The minimum Gasteiger partial charge on any atom is -0.451 e. The van der Waals surface area contributed by atoms with Crippen molar-refractivity contribution in [2.75, 3.05) is 23.3 Å². The summed E-state index contributed by atoms with van der Waals surface area (Å²) in [5.41, 5.74) is 4.52. The highest BCUT2D eigenvalue weighted by atomic mass is 16.3. The Kier molecular flexibility index (Phi) is 4.94. The molecule has 31 heavy (non-hydrogen) atoms. The van der Waals surface area contributed by atoms with Crippen LogP contribution in [0, 0.1) is 6.92 Å². The van der Waals surface area contributed by atoms with Crippen LogP contribution in [-0.2, 0) is 7.05 Å². The first-order chi connectivity index (χ1) is 15.1. The Bertz CT molecular complexity index is 1250. The van der Waals surface area contributed by atoms with E-state index in [9.17, 15) is 4.79 Å². The molecule has 4 heterocycles. The second-order valence-corrected chi connectivity index (χ2v) is 8.08. The fourth-order valence-corrected chi connectivity index (χ4v) is 4.18. The Labute approximate surface area is 180 Å². The molecule has 0 saturated carbocycles. The van der Waals surface area contributed by atoms with Gasteiger partial charge in [0.15, 0.2) is 5.76 Å². The summed E-state index contributed by atoms with van der Waals surface area (Å²) in [5, 5.41) is 8.61. The Morgan fingerprint density at radius 3 is 2.74 bits per heavy atom. The normalized spacial score (nSPS) is 14.2. The molecular formula is C24H25N5O2. The third-order valence-electron chi connectivity index (χ3n) is 5.69. The first-order valence-electron chi connectivity index (χ1n) is 10.6. The lowest BCUT2D eigenvalue weighted by Crippen LogP contribution is -2.30. The van der Waals surface area contributed by atoms with Crippen molar-refractivity contribution in [1.82, 2.24) is 14.8 Å². The van der Waals surface area contributed by atoms with E-state index in [2.05, 4.69) is 26.4 Å². The maximum atomic E-state index is 13.0. The zero-order chi connectivity index (χ0) is 21.4. The molecule has 0 unspecified atom stereocenters. The van der Waals surface area contributed by atoms with E-state index in [1.807, 2.05) is 44.4 Å². The van der Waals surface area contributed by atoms with E-state index in [-0.39, 0.29) is 11.7 Å². The van der Waals surface area contributed by atoms with Crippen molar-refractivity contribution in [1.29, 1.82) is 0 Å². The number of nitrogens with one attached hydrogen (secondary N) is 1. The summed E-state index contributed by atoms with van der Waals surface area (Å²) >= 11 is 0. The first-order valence-corrected chi connectivity index (χ1v) is 10.6. The van der Waals surface area contributed by atoms with Gasteiger partial charge in [-0.2, -0.15) is 5.10 Å². The molecule has 158 valence electrons. The summed E-state index contributed by atoms with van der Waals surface area (Å²) in [5.74, 6) is 0.661. The van der Waals surface area contributed by atoms with E-state index in [0.29, 0.717) is 5.76 Å². The van der Waals surface area contributed by atoms with Gasteiger partial charge in [0.2, 0.25) is 0 Å². The van der Waals surface area contributed by atoms with Crippen molar-refractivity contribution < 1.29 is 9.21 Å². The van der Waals surface area contributed by atoms with Gasteiger partial charge in [-0.15, -0.1) is 0 Å². The molecule has 0 bridgehead atoms. The topological polar surface area (TPSA) is 76.2 Å². The van der Waals surface area contributed by atoms with Crippen molar-refractivity contribution in [3.05, 3.63) is 60.2 Å². The Hall–Kier alpha value is -3.61. The average Bonchev–Trinajstić information content (AvgIpc) is 3.40. The van der Waals surface area contributed by atoms with E-state index in [1.54, 1.807) is 16.9 Å². The Morgan fingerprint density at radius 1 is 1.10 bits per heavy atom. The minimum atomic E-state index is -0.265. The molecule has 1 amide bonds. The summed E-state index contributed by atoms with van der Waals surface area (Å²) in [6.45, 7) is 3.89. The third kappa shape index (κ3) is 3.91. The minimum absolute atomic E-state index is 0.265. The SMILES string of the molecule is Cc1cc(-c2ccc(C(=O)Nc3cc4cn(C)nc4cc3N3CCCCC3)o2)ccn1. The summed E-state index contributed by atoms with van der Waals surface area (Å²) in [6.07, 6.45) is 7.25. The van der Waals surface area contributed by atoms with Gasteiger partial charge in [0, 0.05) is 49.2 Å². The number of aromatic nitrogens is 3. The molecule has 7 nitrogen and oxygen atoms in total. The van der Waals surface area contributed by atoms with Crippen molar-refractivity contribution in [3.8, 4) is 11.3 Å². The van der Waals surface area contributed by atoms with Gasteiger partial charge in [-0.25, -0.2) is 0 Å². The summed E-state index contributed by atoms with van der Waals surface area (Å²) in [7, 11) is 1.91. The lowest BCUT2D eigenvalue weighted by molar-refractivity contribution is 0.0997. The van der Waals surface area contributed by atoms with Crippen molar-refractivity contribution in [3.63, 3.8) is 0 Å². The number of benzene rings is 1. The number of hydrogen-bond donors (Lipinski definition) is 1. The number of amides is 1. The van der Waals surface area contributed by atoms with Gasteiger partial charge in [0.05, 0.1) is 16.9 Å². The van der Waals surface area contributed by atoms with Crippen LogP contribution in [0.1, 0.15) is 35.5 Å². The number of rotatable bonds is 4. The first kappa shape index (κ1) is 19.4. The predicted octanol–water partition coefficient (Wildman–Crippen LogP) is 4.78. The molecule has 4 aromatic rings. The van der Waals surface area contributed by atoms with E-state index < -0.39 is 0 Å². The fourth-order valence-electron chi connectivity index (χ4n) is 4.18. The third-order valence-corrected chi connectivity index (χ3v) is 5.69. The summed E-state index contributed by atoms with van der Waals surface area (Å²) in [4.78, 5) is 19.6. The van der Waals surface area contributed by atoms with Crippen LogP contribution in [-0.4, -0.2) is 33.8 Å². The van der Waals surface area contributed by atoms with E-state index in [4.69, 9.17) is 4.42 Å². The van der Waals surface area contributed by atoms with Crippen LogP contribution >= 0.6 is 0 Å². The van der Waals surface area contributed by atoms with Gasteiger partial charge in [-0.1, -0.05) is 0 Å². The van der Waals surface area contributed by atoms with E-state index >= 15 is 0 Å². The molecule has 5 rings (SSSR count). The molecule has 1 aromatic carbocycles. The lowest BCUT2D eigenvalue weighted by atomic mass is 10.1. The molecule has 1 fully saturated rings. The predicted molar refractivity (Wildman–Crippen MR) is 121 cm³/mol. The maximum Gasteiger partial charge on any atom is 0.291 e. The van der Waals surface area contributed by atoms with Crippen LogP contribution in [0.3, 0.4) is 0 Å². The molecule has 1 N–H and O–H groups in total. The molecular weight excluding hydrogens is 390 g/mol. The smallest absolute Gasteiger partial charge is 0.291 e. The number of piperidine rings is 1. The number of furan rings is 1. The molecule has 0 aliphatic carbocycles. The number of carbonyl (C=O) groups is 1. The number of pyridine rings is 1. The van der Waals surface area contributed by atoms with Gasteiger partial charge in [-0.3, -0.25) is 14.5 Å². The van der Waals surface area contributed by atoms with Crippen LogP contribution in [0.25, 0.3) is 22.2 Å². The second-order valence-electron chi connectivity index (χ2n) is 8.08. The monoisotopic (exact) mass is 415 g/mol. The zero-order valence-electron chi connectivity index (χ0n) is 17.8. The molecule has 3 aromatic heterocycles. The van der Waals surface area contributed by atoms with Crippen molar-refractivity contribution in [2.45, 2.75) is 26.2 Å². The lowest BCUT2D eigenvalue weighted by Gasteiger charge is -2.30. The number of nitrogens with zero attached hydrogens (tertiary/aromatic N) is 4. The highest BCUT2D eigenvalue weighted by molar-refractivity contribution is 6.06. The largest absolute Gasteiger partial charge is 0.451 e. The van der Waals surface area contributed by atoms with Gasteiger partial charge in [0.25, 0.3) is 5.91 Å². The van der Waals surface area contributed by atoms with Crippen molar-refractivity contribution >= 4 is 28.2 Å². The zero-order valence-corrected chi connectivity index (χ0v) is 17.8. The summed E-state index contributed by atoms with van der Waals surface area (Å²) in [6, 6.07) is 11.4. The van der Waals surface area contributed by atoms with Gasteiger partial charge in [-0.05, 0) is 62.6 Å². The molecule has 0 radical (unpaired) electrons. The Balaban J connectivity index is 1.46. The molecule has 0 atom stereocenters. The number of anilines is 2. The van der Waals surface area contributed by atoms with Crippen LogP contribution < -0.4 is 10.2 Å². The van der Waals surface area contributed by atoms with Crippen LogP contribution in [0.2, 0.25) is 0 Å². The number of fused-ring (bicyclic) bond motifs is 1. The van der Waals surface area contributed by atoms with Crippen molar-refractivity contribution in [2.24, 2.45) is 7.05 Å². The van der Waals surface area contributed by atoms with Crippen LogP contribution in [0.5, 0.6) is 0 Å². The summed E-state index contributed by atoms with van der Waals surface area (Å²) < 4.78 is 7.66. The highest BCUT2D eigenvalue weighted by Gasteiger charge is 2.20. The van der Waals surface area contributed by atoms with E-state index in [1.165, 1.54) is 6.42 Å². The van der Waals surface area contributed by atoms with Gasteiger partial charge >= 0.3 is 0 Å². The van der Waals surface area contributed by atoms with E-state index in [0.717, 1.165) is 59.5 Å². The molecule has 1 saturated heterocycles. The number of carbonyl (C=O) groups excluding carboxylic acids is 1. The number of hydrogen-bond acceptors (Lipinski definition) is 5. The standard InChI is InChI=1S/C24H25N5O2/c1-16-12-17(8-9-25-16)22-6-7-23(31-22)24(30)26-20-13-18-15-28(2)27-19(18)14-21(20)29-10-4-3-5-11-29/h6-9,12-15H,3-5,10-11H2,1-2H3,(H,26,30). The fraction of sp³-hybridized carbons (Fsp3) is 0.292. The Morgan fingerprint density at radius 2 is 1.94 bits per heavy atom. The quantitative estimate of drug-likeness (QED) is 0.519. The van der Waals surface area contributed by atoms with Crippen LogP contribution in [0.4, 0.5) is 11.4 Å². The van der Waals surface area contributed by atoms with Gasteiger partial charge < -0.3 is 14.6 Å². The highest BCUT2D eigenvalue weighted by Crippen LogP contribution is 2.33. The molecule has 1 aliphatic rings. The second kappa shape index (κ2) is 7.91.